The van der Waals surface area contributed by atoms with Gasteiger partial charge in [-0.1, -0.05) is 0 Å². The summed E-state index contributed by atoms with van der Waals surface area (Å²) in [5, 5.41) is -0.992. The van der Waals surface area contributed by atoms with Crippen molar-refractivity contribution in [3.05, 3.63) is 21.8 Å². The Bertz CT molecular complexity index is 386. The number of nitrogen functional groups attached to an aromatic ring is 1. The Labute approximate surface area is 91.4 Å². The van der Waals surface area contributed by atoms with E-state index in [1.165, 1.54) is 0 Å². The van der Waals surface area contributed by atoms with Crippen LogP contribution in [0.4, 0.5) is 14.6 Å². The van der Waals surface area contributed by atoms with Gasteiger partial charge in [-0.2, -0.15) is 0 Å². The number of rotatable bonds is 2. The lowest BCUT2D eigenvalue weighted by Crippen LogP contribution is -2.05. The predicted octanol–water partition coefficient (Wildman–Crippen LogP) is 2.74. The van der Waals surface area contributed by atoms with Gasteiger partial charge in [0.15, 0.2) is 0 Å². The van der Waals surface area contributed by atoms with Crippen LogP contribution in [0.15, 0.2) is 10.5 Å². The van der Waals surface area contributed by atoms with Crippen LogP contribution in [0.3, 0.4) is 0 Å². The molecule has 76 valence electrons. The zero-order chi connectivity index (χ0) is 10.9. The number of aromatic nitrogens is 1. The molecule has 0 spiro atoms. The summed E-state index contributed by atoms with van der Waals surface area (Å²) >= 11 is 8.06. The van der Waals surface area contributed by atoms with Gasteiger partial charge in [-0.25, -0.2) is 13.8 Å². The van der Waals surface area contributed by atoms with Crippen molar-refractivity contribution >= 4 is 38.6 Å². The van der Waals surface area contributed by atoms with E-state index in [2.05, 4.69) is 20.9 Å². The number of alkyl halides is 2. The molecule has 0 fully saturated rings. The largest absolute Gasteiger partial charge is 0.383 e. The number of nitrogens with zero attached hydrogens (tertiary/aromatic N) is 1. The fourth-order valence-corrected chi connectivity index (χ4v) is 1.31. The molecule has 0 unspecified atom stereocenters. The van der Waals surface area contributed by atoms with E-state index in [0.29, 0.717) is 0 Å². The standard InChI is InChI=1S/C7H4BrClF2N2O/c8-3-1-2(5(9)14)4(6(10)11)13-7(3)12/h1,6H,(H2,12,13). The summed E-state index contributed by atoms with van der Waals surface area (Å²) in [4.78, 5) is 14.1. The minimum atomic E-state index is -2.89. The fourth-order valence-electron chi connectivity index (χ4n) is 0.842. The van der Waals surface area contributed by atoms with Crippen LogP contribution in [-0.2, 0) is 0 Å². The molecule has 0 aromatic carbocycles. The fraction of sp³-hybridized carbons (Fsp3) is 0.143. The van der Waals surface area contributed by atoms with Crippen molar-refractivity contribution in [2.45, 2.75) is 6.43 Å². The number of hydrogen-bond acceptors (Lipinski definition) is 3. The molecule has 0 bridgehead atoms. The molecule has 1 rings (SSSR count). The van der Waals surface area contributed by atoms with Crippen molar-refractivity contribution in [2.24, 2.45) is 0 Å². The Hall–Kier alpha value is -0.750. The quantitative estimate of drug-likeness (QED) is 0.850. The maximum atomic E-state index is 12.4. The van der Waals surface area contributed by atoms with E-state index in [-0.39, 0.29) is 15.9 Å². The molecule has 14 heavy (non-hydrogen) atoms. The van der Waals surface area contributed by atoms with E-state index in [0.717, 1.165) is 6.07 Å². The molecule has 1 aromatic rings. The van der Waals surface area contributed by atoms with Crippen molar-refractivity contribution in [1.29, 1.82) is 0 Å². The average Bonchev–Trinajstić information content (AvgIpc) is 2.08. The zero-order valence-corrected chi connectivity index (χ0v) is 8.94. The topological polar surface area (TPSA) is 56.0 Å². The summed E-state index contributed by atoms with van der Waals surface area (Å²) in [6.45, 7) is 0. The molecule has 0 atom stereocenters. The highest BCUT2D eigenvalue weighted by atomic mass is 79.9. The first-order valence-corrected chi connectivity index (χ1v) is 4.54. The minimum absolute atomic E-state index is 0.109. The third-order valence-electron chi connectivity index (χ3n) is 1.45. The van der Waals surface area contributed by atoms with Gasteiger partial charge in [0.1, 0.15) is 11.5 Å². The Balaban J connectivity index is 3.39. The van der Waals surface area contributed by atoms with Gasteiger partial charge in [0.2, 0.25) is 0 Å². The number of nitrogens with two attached hydrogens (primary N) is 1. The molecule has 0 saturated carbocycles. The summed E-state index contributed by atoms with van der Waals surface area (Å²) in [5.74, 6) is -0.109. The van der Waals surface area contributed by atoms with Crippen LogP contribution in [0.1, 0.15) is 22.5 Å². The molecule has 0 aliphatic heterocycles. The SMILES string of the molecule is Nc1nc(C(F)F)c(C(=O)Cl)cc1Br. The third-order valence-corrected chi connectivity index (χ3v) is 2.29. The number of hydrogen-bond donors (Lipinski definition) is 1. The zero-order valence-electron chi connectivity index (χ0n) is 6.60. The van der Waals surface area contributed by atoms with Crippen molar-refractivity contribution < 1.29 is 13.6 Å². The lowest BCUT2D eigenvalue weighted by molar-refractivity contribution is 0.106. The number of anilines is 1. The van der Waals surface area contributed by atoms with Crippen LogP contribution in [0.2, 0.25) is 0 Å². The molecule has 7 heteroatoms. The molecule has 0 saturated heterocycles. The number of pyridine rings is 1. The number of carbonyl (C=O) groups excluding carboxylic acids is 1. The van der Waals surface area contributed by atoms with E-state index in [1.54, 1.807) is 0 Å². The summed E-state index contributed by atoms with van der Waals surface area (Å²) in [6, 6.07) is 1.12. The molecule has 0 radical (unpaired) electrons. The summed E-state index contributed by atoms with van der Waals surface area (Å²) in [6.07, 6.45) is -2.89. The van der Waals surface area contributed by atoms with E-state index in [9.17, 15) is 13.6 Å². The van der Waals surface area contributed by atoms with Crippen molar-refractivity contribution in [2.75, 3.05) is 5.73 Å². The van der Waals surface area contributed by atoms with Crippen LogP contribution in [0.25, 0.3) is 0 Å². The molecular formula is C7H4BrClF2N2O. The number of halogens is 4. The highest BCUT2D eigenvalue weighted by Gasteiger charge is 2.20. The molecule has 1 aromatic heterocycles. The first-order chi connectivity index (χ1) is 6.43. The number of carbonyl (C=O) groups is 1. The lowest BCUT2D eigenvalue weighted by atomic mass is 10.2. The summed E-state index contributed by atoms with van der Waals surface area (Å²) in [7, 11) is 0. The van der Waals surface area contributed by atoms with Crippen LogP contribution in [0, 0.1) is 0 Å². The molecule has 2 N–H and O–H groups in total. The molecule has 1 heterocycles. The third kappa shape index (κ3) is 2.19. The Morgan fingerprint density at radius 2 is 2.21 bits per heavy atom. The predicted molar refractivity (Wildman–Crippen MR) is 51.5 cm³/mol. The van der Waals surface area contributed by atoms with Crippen molar-refractivity contribution in [3.8, 4) is 0 Å². The van der Waals surface area contributed by atoms with Gasteiger partial charge in [0, 0.05) is 0 Å². The molecule has 0 amide bonds. The van der Waals surface area contributed by atoms with Crippen LogP contribution < -0.4 is 5.73 Å². The van der Waals surface area contributed by atoms with E-state index < -0.39 is 17.4 Å². The molecule has 0 aliphatic carbocycles. The second kappa shape index (κ2) is 4.18. The second-order valence-electron chi connectivity index (χ2n) is 2.36. The van der Waals surface area contributed by atoms with Crippen LogP contribution in [0.5, 0.6) is 0 Å². The molecule has 0 aliphatic rings. The normalized spacial score (nSPS) is 10.6. The Morgan fingerprint density at radius 1 is 1.64 bits per heavy atom. The Kier molecular flexibility index (Phi) is 3.38. The first-order valence-electron chi connectivity index (χ1n) is 3.37. The summed E-state index contributed by atoms with van der Waals surface area (Å²) < 4.78 is 25.0. The maximum absolute atomic E-state index is 12.4. The van der Waals surface area contributed by atoms with Crippen LogP contribution >= 0.6 is 27.5 Å². The second-order valence-corrected chi connectivity index (χ2v) is 3.56. The highest BCUT2D eigenvalue weighted by molar-refractivity contribution is 9.10. The minimum Gasteiger partial charge on any atom is -0.383 e. The van der Waals surface area contributed by atoms with Gasteiger partial charge in [-0.15, -0.1) is 0 Å². The van der Waals surface area contributed by atoms with Gasteiger partial charge in [0.25, 0.3) is 11.7 Å². The Morgan fingerprint density at radius 3 is 2.64 bits per heavy atom. The first kappa shape index (κ1) is 11.3. The van der Waals surface area contributed by atoms with Gasteiger partial charge in [-0.3, -0.25) is 4.79 Å². The summed E-state index contributed by atoms with van der Waals surface area (Å²) in [5.41, 5.74) is 4.23. The molecular weight excluding hydrogens is 281 g/mol. The van der Waals surface area contributed by atoms with E-state index in [1.807, 2.05) is 0 Å². The van der Waals surface area contributed by atoms with Gasteiger partial charge < -0.3 is 5.73 Å². The maximum Gasteiger partial charge on any atom is 0.281 e. The molecule has 3 nitrogen and oxygen atoms in total. The van der Waals surface area contributed by atoms with Gasteiger partial charge in [-0.05, 0) is 33.6 Å². The van der Waals surface area contributed by atoms with Crippen molar-refractivity contribution in [3.63, 3.8) is 0 Å². The average molecular weight is 285 g/mol. The van der Waals surface area contributed by atoms with Gasteiger partial charge >= 0.3 is 0 Å². The van der Waals surface area contributed by atoms with E-state index >= 15 is 0 Å². The van der Waals surface area contributed by atoms with Crippen LogP contribution in [-0.4, -0.2) is 10.2 Å². The van der Waals surface area contributed by atoms with Gasteiger partial charge in [0.05, 0.1) is 10.0 Å². The van der Waals surface area contributed by atoms with Crippen molar-refractivity contribution in [1.82, 2.24) is 4.98 Å². The smallest absolute Gasteiger partial charge is 0.281 e. The monoisotopic (exact) mass is 284 g/mol. The lowest BCUT2D eigenvalue weighted by Gasteiger charge is -2.06. The van der Waals surface area contributed by atoms with E-state index in [4.69, 9.17) is 17.3 Å². The highest BCUT2D eigenvalue weighted by Crippen LogP contribution is 2.28.